The largest absolute Gasteiger partial charge is 0.472 e. The number of aliphatic hydroxyl groups excluding tert-OH is 1. The van der Waals surface area contributed by atoms with Gasteiger partial charge in [-0.05, 0) is 37.5 Å². The molecule has 0 spiro atoms. The Morgan fingerprint density at radius 3 is 0.731 bits per heavy atom. The fourth-order valence-corrected chi connectivity index (χ4v) is 12.9. The van der Waals surface area contributed by atoms with E-state index >= 15 is 0 Å². The van der Waals surface area contributed by atoms with E-state index in [4.69, 9.17) is 37.0 Å². The van der Waals surface area contributed by atoms with Crippen molar-refractivity contribution in [2.45, 2.75) is 400 Å². The molecular weight excluding hydrogens is 1220 g/mol. The van der Waals surface area contributed by atoms with Crippen LogP contribution in [0.4, 0.5) is 0 Å². The lowest BCUT2D eigenvalue weighted by molar-refractivity contribution is -0.161. The molecule has 93 heavy (non-hydrogen) atoms. The van der Waals surface area contributed by atoms with Gasteiger partial charge in [-0.15, -0.1) is 0 Å². The maximum absolute atomic E-state index is 13.1. The predicted octanol–water partition coefficient (Wildman–Crippen LogP) is 21.6. The van der Waals surface area contributed by atoms with Gasteiger partial charge in [0.25, 0.3) is 0 Å². The summed E-state index contributed by atoms with van der Waals surface area (Å²) in [5, 5.41) is 10.6. The lowest BCUT2D eigenvalue weighted by Gasteiger charge is -2.21. The third-order valence-electron chi connectivity index (χ3n) is 17.2. The Hall–Kier alpha value is -1.94. The summed E-state index contributed by atoms with van der Waals surface area (Å²) in [4.78, 5) is 72.7. The van der Waals surface area contributed by atoms with Gasteiger partial charge in [0.15, 0.2) is 12.2 Å². The summed E-state index contributed by atoms with van der Waals surface area (Å²) in [6, 6.07) is 0. The SMILES string of the molecule is CCCCCCCCCCCCCCCCCCCCC(=O)O[C@H](COC(=O)CCCCCCCCCCCCCC(C)C)COP(=O)(O)OC[C@@H](O)COP(=O)(O)OC[C@@H](COC(=O)CCCCCCCCCC(C)C)OC(=O)CCCCCCCCCCCCC. The molecule has 0 saturated carbocycles. The van der Waals surface area contributed by atoms with Gasteiger partial charge < -0.3 is 33.8 Å². The fourth-order valence-electron chi connectivity index (χ4n) is 11.3. The first-order valence-corrected chi connectivity index (χ1v) is 41.5. The van der Waals surface area contributed by atoms with Gasteiger partial charge >= 0.3 is 39.5 Å². The van der Waals surface area contributed by atoms with Crippen LogP contribution in [0.1, 0.15) is 382 Å². The number of hydrogen-bond acceptors (Lipinski definition) is 15. The molecule has 19 heteroatoms. The van der Waals surface area contributed by atoms with E-state index in [2.05, 4.69) is 41.5 Å². The summed E-state index contributed by atoms with van der Waals surface area (Å²) in [5.74, 6) is -0.642. The molecule has 0 heterocycles. The maximum Gasteiger partial charge on any atom is 0.472 e. The van der Waals surface area contributed by atoms with Crippen LogP contribution in [0.25, 0.3) is 0 Å². The van der Waals surface area contributed by atoms with E-state index in [1.54, 1.807) is 0 Å². The average molecular weight is 1370 g/mol. The zero-order chi connectivity index (χ0) is 68.6. The number of hydrogen-bond donors (Lipinski definition) is 3. The van der Waals surface area contributed by atoms with Gasteiger partial charge in [-0.25, -0.2) is 9.13 Å². The molecule has 0 saturated heterocycles. The molecule has 17 nitrogen and oxygen atoms in total. The van der Waals surface area contributed by atoms with Crippen LogP contribution in [0.3, 0.4) is 0 Å². The van der Waals surface area contributed by atoms with Crippen molar-refractivity contribution >= 4 is 39.5 Å². The van der Waals surface area contributed by atoms with Gasteiger partial charge in [-0.2, -0.15) is 0 Å². The molecule has 0 aromatic carbocycles. The van der Waals surface area contributed by atoms with Crippen molar-refractivity contribution < 1.29 is 80.2 Å². The van der Waals surface area contributed by atoms with Crippen molar-refractivity contribution in [3.8, 4) is 0 Å². The highest BCUT2D eigenvalue weighted by Gasteiger charge is 2.30. The quantitative estimate of drug-likeness (QED) is 0.0222. The molecule has 0 radical (unpaired) electrons. The number of carbonyl (C=O) groups excluding carboxylic acids is 4. The first-order valence-electron chi connectivity index (χ1n) is 38.5. The molecule has 5 atom stereocenters. The van der Waals surface area contributed by atoms with Crippen LogP contribution < -0.4 is 0 Å². The molecule has 0 aliphatic rings. The summed E-state index contributed by atoms with van der Waals surface area (Å²) < 4.78 is 68.4. The fraction of sp³-hybridized carbons (Fsp3) is 0.946. The van der Waals surface area contributed by atoms with Crippen LogP contribution in [0.5, 0.6) is 0 Å². The standard InChI is InChI=1S/C74H144O17P2/c1-7-9-11-13-15-17-19-20-21-22-23-24-25-29-34-40-47-53-59-74(79)90-69(62-84-71(76)56-50-44-38-32-30-26-28-31-36-42-48-54-66(3)4)64-88-92(80,81)86-60-68(75)61-87-93(82,83)89-65-70(63-85-72(77)57-51-45-41-35-37-43-49-55-67(5)6)91-73(78)58-52-46-39-33-27-18-16-14-12-10-8-2/h66-70,75H,7-65H2,1-6H3,(H,80,81)(H,82,83)/t68-,69-,70-/m1/s1. The molecule has 0 fully saturated rings. The molecule has 0 aliphatic carbocycles. The number of ether oxygens (including phenoxy) is 4. The molecule has 0 amide bonds. The number of phosphoric acid groups is 2. The molecule has 0 aromatic heterocycles. The van der Waals surface area contributed by atoms with Crippen LogP contribution in [0.15, 0.2) is 0 Å². The normalized spacial score (nSPS) is 14.1. The van der Waals surface area contributed by atoms with E-state index in [0.717, 1.165) is 102 Å². The summed E-state index contributed by atoms with van der Waals surface area (Å²) in [6.45, 7) is 9.53. The second-order valence-corrected chi connectivity index (χ2v) is 30.5. The van der Waals surface area contributed by atoms with Gasteiger partial charge in [0.05, 0.1) is 26.4 Å². The molecule has 2 unspecified atom stereocenters. The molecule has 0 aromatic rings. The lowest BCUT2D eigenvalue weighted by Crippen LogP contribution is -2.30. The Bertz CT molecular complexity index is 1800. The van der Waals surface area contributed by atoms with Crippen LogP contribution in [-0.4, -0.2) is 96.7 Å². The smallest absolute Gasteiger partial charge is 0.462 e. The van der Waals surface area contributed by atoms with E-state index < -0.39 is 97.5 Å². The third-order valence-corrected chi connectivity index (χ3v) is 19.1. The van der Waals surface area contributed by atoms with Gasteiger partial charge in [0, 0.05) is 25.7 Å². The Morgan fingerprint density at radius 2 is 0.495 bits per heavy atom. The average Bonchev–Trinajstić information content (AvgIpc) is 1.70. The number of phosphoric ester groups is 2. The van der Waals surface area contributed by atoms with Crippen molar-refractivity contribution in [3.63, 3.8) is 0 Å². The zero-order valence-corrected chi connectivity index (χ0v) is 62.3. The van der Waals surface area contributed by atoms with Crippen molar-refractivity contribution in [1.82, 2.24) is 0 Å². The molecule has 3 N–H and O–H groups in total. The van der Waals surface area contributed by atoms with Crippen LogP contribution in [-0.2, 0) is 65.4 Å². The Labute approximate surface area is 568 Å². The molecule has 0 bridgehead atoms. The van der Waals surface area contributed by atoms with Gasteiger partial charge in [0.2, 0.25) is 0 Å². The van der Waals surface area contributed by atoms with Crippen molar-refractivity contribution in [2.24, 2.45) is 11.8 Å². The summed E-state index contributed by atoms with van der Waals surface area (Å²) in [6.07, 6.45) is 52.8. The molecule has 0 rings (SSSR count). The minimum absolute atomic E-state index is 0.106. The van der Waals surface area contributed by atoms with E-state index in [1.807, 2.05) is 0 Å². The lowest BCUT2D eigenvalue weighted by atomic mass is 10.0. The van der Waals surface area contributed by atoms with Crippen LogP contribution in [0, 0.1) is 11.8 Å². The number of unbranched alkanes of at least 4 members (excludes halogenated alkanes) is 43. The van der Waals surface area contributed by atoms with Gasteiger partial charge in [0.1, 0.15) is 19.3 Å². The Kier molecular flexibility index (Phi) is 64.6. The summed E-state index contributed by atoms with van der Waals surface area (Å²) in [7, 11) is -9.91. The third kappa shape index (κ3) is 68.4. The number of rotatable bonds is 73. The second-order valence-electron chi connectivity index (χ2n) is 27.6. The highest BCUT2D eigenvalue weighted by Crippen LogP contribution is 2.45. The van der Waals surface area contributed by atoms with Crippen LogP contribution >= 0.6 is 15.6 Å². The number of carbonyl (C=O) groups is 4. The summed E-state index contributed by atoms with van der Waals surface area (Å²) >= 11 is 0. The number of esters is 4. The van der Waals surface area contributed by atoms with E-state index in [1.165, 1.54) is 193 Å². The predicted molar refractivity (Wildman–Crippen MR) is 377 cm³/mol. The number of aliphatic hydroxyl groups is 1. The van der Waals surface area contributed by atoms with Gasteiger partial charge in [-0.1, -0.05) is 330 Å². The molecule has 552 valence electrons. The van der Waals surface area contributed by atoms with Gasteiger partial charge in [-0.3, -0.25) is 37.3 Å². The zero-order valence-electron chi connectivity index (χ0n) is 60.6. The minimum atomic E-state index is -4.96. The van der Waals surface area contributed by atoms with E-state index in [9.17, 15) is 43.2 Å². The topological polar surface area (TPSA) is 237 Å². The van der Waals surface area contributed by atoms with Crippen molar-refractivity contribution in [3.05, 3.63) is 0 Å². The monoisotopic (exact) mass is 1370 g/mol. The van der Waals surface area contributed by atoms with E-state index in [-0.39, 0.29) is 25.7 Å². The molecule has 0 aliphatic heterocycles. The van der Waals surface area contributed by atoms with Crippen molar-refractivity contribution in [1.29, 1.82) is 0 Å². The molecular formula is C74H144O17P2. The highest BCUT2D eigenvalue weighted by atomic mass is 31.2. The summed E-state index contributed by atoms with van der Waals surface area (Å²) in [5.41, 5.74) is 0. The first-order chi connectivity index (χ1) is 44.9. The highest BCUT2D eigenvalue weighted by molar-refractivity contribution is 7.47. The first kappa shape index (κ1) is 91.1. The Morgan fingerprint density at radius 1 is 0.290 bits per heavy atom. The van der Waals surface area contributed by atoms with E-state index in [0.29, 0.717) is 31.6 Å². The van der Waals surface area contributed by atoms with Crippen molar-refractivity contribution in [2.75, 3.05) is 39.6 Å². The maximum atomic E-state index is 13.1. The van der Waals surface area contributed by atoms with Crippen LogP contribution in [0.2, 0.25) is 0 Å². The second kappa shape index (κ2) is 66.0. The minimum Gasteiger partial charge on any atom is -0.462 e. The Balaban J connectivity index is 5.23.